The normalized spacial score (nSPS) is 18.5. The fraction of sp³-hybridized carbons (Fsp3) is 0.538. The summed E-state index contributed by atoms with van der Waals surface area (Å²) >= 11 is 0. The third-order valence-corrected chi connectivity index (χ3v) is 3.36. The Kier molecular flexibility index (Phi) is 3.62. The monoisotopic (exact) mass is 241 g/mol. The molecule has 1 saturated heterocycles. The number of nitrogens with zero attached hydrogens (tertiary/aromatic N) is 1. The average molecular weight is 241 g/mol. The second kappa shape index (κ2) is 5.00. The van der Waals surface area contributed by atoms with E-state index in [4.69, 9.17) is 5.11 Å². The van der Waals surface area contributed by atoms with E-state index in [9.17, 15) is 8.78 Å². The van der Waals surface area contributed by atoms with Crippen molar-refractivity contribution in [1.82, 2.24) is 4.90 Å². The van der Waals surface area contributed by atoms with Crippen molar-refractivity contribution in [3.8, 4) is 5.75 Å². The van der Waals surface area contributed by atoms with E-state index in [1.165, 1.54) is 12.1 Å². The number of likely N-dealkylation sites (tertiary alicyclic amines) is 1. The smallest absolute Gasteiger partial charge is 0.187 e. The first-order chi connectivity index (χ1) is 8.06. The van der Waals surface area contributed by atoms with Crippen LogP contribution in [0.4, 0.5) is 8.78 Å². The number of rotatable bonds is 2. The van der Waals surface area contributed by atoms with Gasteiger partial charge in [-0.2, -0.15) is 0 Å². The maximum Gasteiger partial charge on any atom is 0.187 e. The minimum absolute atomic E-state index is 0.542. The van der Waals surface area contributed by atoms with Gasteiger partial charge in [-0.1, -0.05) is 6.92 Å². The van der Waals surface area contributed by atoms with Gasteiger partial charge in [0.2, 0.25) is 0 Å². The van der Waals surface area contributed by atoms with Crippen molar-refractivity contribution in [3.05, 3.63) is 29.3 Å². The molecule has 1 aliphatic rings. The van der Waals surface area contributed by atoms with Crippen LogP contribution < -0.4 is 0 Å². The molecular weight excluding hydrogens is 224 g/mol. The summed E-state index contributed by atoms with van der Waals surface area (Å²) in [6, 6.07) is 2.41. The molecule has 0 radical (unpaired) electrons. The summed E-state index contributed by atoms with van der Waals surface area (Å²) in [4.78, 5) is 2.19. The molecule has 0 aromatic heterocycles. The number of hydrogen-bond donors (Lipinski definition) is 1. The molecule has 0 saturated carbocycles. The molecule has 1 aromatic rings. The third-order valence-electron chi connectivity index (χ3n) is 3.36. The van der Waals surface area contributed by atoms with Crippen LogP contribution in [0.3, 0.4) is 0 Å². The van der Waals surface area contributed by atoms with Crippen LogP contribution in [0.5, 0.6) is 5.75 Å². The molecule has 0 atom stereocenters. The van der Waals surface area contributed by atoms with Crippen molar-refractivity contribution < 1.29 is 13.9 Å². The molecule has 2 nitrogen and oxygen atoms in total. The molecule has 94 valence electrons. The third kappa shape index (κ3) is 2.94. The maximum absolute atomic E-state index is 13.1. The van der Waals surface area contributed by atoms with E-state index in [0.29, 0.717) is 12.1 Å². The fourth-order valence-corrected chi connectivity index (χ4v) is 2.19. The van der Waals surface area contributed by atoms with Crippen molar-refractivity contribution in [2.75, 3.05) is 13.1 Å². The molecule has 1 N–H and O–H groups in total. The first-order valence-corrected chi connectivity index (χ1v) is 5.95. The lowest BCUT2D eigenvalue weighted by atomic mass is 9.99. The Morgan fingerprint density at radius 1 is 1.24 bits per heavy atom. The Morgan fingerprint density at radius 2 is 1.76 bits per heavy atom. The number of benzene rings is 1. The van der Waals surface area contributed by atoms with E-state index in [1.807, 2.05) is 0 Å². The molecule has 1 heterocycles. The lowest BCUT2D eigenvalue weighted by Gasteiger charge is -2.30. The van der Waals surface area contributed by atoms with Gasteiger partial charge in [-0.25, -0.2) is 8.78 Å². The Balaban J connectivity index is 2.04. The molecule has 1 aromatic carbocycles. The summed E-state index contributed by atoms with van der Waals surface area (Å²) in [5.74, 6) is -1.92. The number of halogens is 2. The van der Waals surface area contributed by atoms with Crippen LogP contribution in [0, 0.1) is 17.6 Å². The minimum Gasteiger partial charge on any atom is -0.503 e. The molecule has 1 fully saturated rings. The SMILES string of the molecule is CC1CCN(Cc2cc(F)c(O)c(F)c2)CC1. The number of hydrogen-bond acceptors (Lipinski definition) is 2. The molecule has 2 rings (SSSR count). The molecule has 0 unspecified atom stereocenters. The largest absolute Gasteiger partial charge is 0.503 e. The second-order valence-corrected chi connectivity index (χ2v) is 4.87. The number of piperidine rings is 1. The van der Waals surface area contributed by atoms with Gasteiger partial charge >= 0.3 is 0 Å². The summed E-state index contributed by atoms with van der Waals surface area (Å²) < 4.78 is 26.3. The molecule has 17 heavy (non-hydrogen) atoms. The lowest BCUT2D eigenvalue weighted by Crippen LogP contribution is -2.32. The molecular formula is C13H17F2NO. The molecule has 1 aliphatic heterocycles. The van der Waals surface area contributed by atoms with E-state index in [1.54, 1.807) is 0 Å². The van der Waals surface area contributed by atoms with Crippen LogP contribution in [0.15, 0.2) is 12.1 Å². The lowest BCUT2D eigenvalue weighted by molar-refractivity contribution is 0.185. The van der Waals surface area contributed by atoms with Crippen molar-refractivity contribution in [3.63, 3.8) is 0 Å². The van der Waals surface area contributed by atoms with E-state index in [0.717, 1.165) is 31.8 Å². The highest BCUT2D eigenvalue weighted by atomic mass is 19.1. The predicted molar refractivity (Wildman–Crippen MR) is 61.7 cm³/mol. The minimum atomic E-state index is -0.888. The van der Waals surface area contributed by atoms with Gasteiger partial charge in [-0.15, -0.1) is 0 Å². The Labute approximate surface area is 99.9 Å². The Bertz CT molecular complexity index is 377. The van der Waals surface area contributed by atoms with Crippen molar-refractivity contribution in [1.29, 1.82) is 0 Å². The number of aromatic hydroxyl groups is 1. The topological polar surface area (TPSA) is 23.5 Å². The average Bonchev–Trinajstić information content (AvgIpc) is 2.29. The second-order valence-electron chi connectivity index (χ2n) is 4.87. The van der Waals surface area contributed by atoms with Crippen LogP contribution in [0.1, 0.15) is 25.3 Å². The van der Waals surface area contributed by atoms with E-state index >= 15 is 0 Å². The fourth-order valence-electron chi connectivity index (χ4n) is 2.19. The number of phenols is 1. The first-order valence-electron chi connectivity index (χ1n) is 5.95. The summed E-state index contributed by atoms with van der Waals surface area (Å²) in [5.41, 5.74) is 0.576. The van der Waals surface area contributed by atoms with E-state index in [2.05, 4.69) is 11.8 Å². The quantitative estimate of drug-likeness (QED) is 0.860. The van der Waals surface area contributed by atoms with Crippen LogP contribution in [0.2, 0.25) is 0 Å². The van der Waals surface area contributed by atoms with Gasteiger partial charge < -0.3 is 5.11 Å². The van der Waals surface area contributed by atoms with Gasteiger partial charge in [0.25, 0.3) is 0 Å². The molecule has 0 aliphatic carbocycles. The van der Waals surface area contributed by atoms with Gasteiger partial charge in [0.1, 0.15) is 0 Å². The predicted octanol–water partition coefficient (Wildman–Crippen LogP) is 2.90. The van der Waals surface area contributed by atoms with E-state index < -0.39 is 17.4 Å². The highest BCUT2D eigenvalue weighted by Crippen LogP contribution is 2.23. The maximum atomic E-state index is 13.1. The van der Waals surface area contributed by atoms with Gasteiger partial charge in [-0.05, 0) is 49.5 Å². The zero-order valence-corrected chi connectivity index (χ0v) is 9.92. The standard InChI is InChI=1S/C13H17F2NO/c1-9-2-4-16(5-3-9)8-10-6-11(14)13(17)12(15)7-10/h6-7,9,17H,2-5,8H2,1H3. The zero-order valence-electron chi connectivity index (χ0n) is 9.92. The van der Waals surface area contributed by atoms with Crippen LogP contribution >= 0.6 is 0 Å². The first kappa shape index (κ1) is 12.3. The molecule has 0 spiro atoms. The zero-order chi connectivity index (χ0) is 12.4. The van der Waals surface area contributed by atoms with Crippen molar-refractivity contribution in [2.45, 2.75) is 26.3 Å². The Morgan fingerprint density at radius 3 is 2.29 bits per heavy atom. The van der Waals surface area contributed by atoms with Gasteiger partial charge in [0, 0.05) is 6.54 Å². The van der Waals surface area contributed by atoms with Gasteiger partial charge in [0.05, 0.1) is 0 Å². The summed E-state index contributed by atoms with van der Waals surface area (Å²) in [5, 5.41) is 9.01. The summed E-state index contributed by atoms with van der Waals surface area (Å²) in [6.07, 6.45) is 2.26. The highest BCUT2D eigenvalue weighted by Gasteiger charge is 2.17. The van der Waals surface area contributed by atoms with Crippen molar-refractivity contribution >= 4 is 0 Å². The van der Waals surface area contributed by atoms with Gasteiger partial charge in [0.15, 0.2) is 17.4 Å². The van der Waals surface area contributed by atoms with E-state index in [-0.39, 0.29) is 0 Å². The van der Waals surface area contributed by atoms with Crippen LogP contribution in [-0.4, -0.2) is 23.1 Å². The number of phenolic OH excluding ortho intramolecular Hbond substituents is 1. The Hall–Kier alpha value is -1.16. The molecule has 4 heteroatoms. The summed E-state index contributed by atoms with van der Waals surface area (Å²) in [6.45, 7) is 4.69. The van der Waals surface area contributed by atoms with Crippen LogP contribution in [-0.2, 0) is 6.54 Å². The molecule has 0 amide bonds. The van der Waals surface area contributed by atoms with Crippen molar-refractivity contribution in [2.24, 2.45) is 5.92 Å². The van der Waals surface area contributed by atoms with Gasteiger partial charge in [-0.3, -0.25) is 4.90 Å². The highest BCUT2D eigenvalue weighted by molar-refractivity contribution is 5.30. The molecule has 0 bridgehead atoms. The summed E-state index contributed by atoms with van der Waals surface area (Å²) in [7, 11) is 0. The van der Waals surface area contributed by atoms with Crippen LogP contribution in [0.25, 0.3) is 0 Å².